The highest BCUT2D eigenvalue weighted by atomic mass is 16.3. The standard InChI is InChI=1S/C12H16N2O/c1-9-4-5-11(12(15)8-9)10(2)14-7-3-6-13/h4-5,8,10,14-15H,3,7H2,1-2H3. The fourth-order valence-electron chi connectivity index (χ4n) is 1.47. The molecule has 1 unspecified atom stereocenters. The summed E-state index contributed by atoms with van der Waals surface area (Å²) in [6.07, 6.45) is 0.483. The molecule has 1 atom stereocenters. The van der Waals surface area contributed by atoms with Gasteiger partial charge in [-0.05, 0) is 25.5 Å². The van der Waals surface area contributed by atoms with E-state index in [4.69, 9.17) is 5.26 Å². The molecule has 1 aromatic rings. The lowest BCUT2D eigenvalue weighted by Crippen LogP contribution is -2.19. The Balaban J connectivity index is 2.66. The molecule has 3 nitrogen and oxygen atoms in total. The number of hydrogen-bond acceptors (Lipinski definition) is 3. The van der Waals surface area contributed by atoms with Crippen LogP contribution < -0.4 is 5.32 Å². The molecule has 0 aliphatic carbocycles. The van der Waals surface area contributed by atoms with Crippen molar-refractivity contribution in [3.8, 4) is 11.8 Å². The van der Waals surface area contributed by atoms with Gasteiger partial charge in [-0.15, -0.1) is 0 Å². The minimum absolute atomic E-state index is 0.0685. The van der Waals surface area contributed by atoms with Crippen molar-refractivity contribution >= 4 is 0 Å². The van der Waals surface area contributed by atoms with Crippen LogP contribution in [0.25, 0.3) is 0 Å². The third kappa shape index (κ3) is 3.26. The smallest absolute Gasteiger partial charge is 0.120 e. The quantitative estimate of drug-likeness (QED) is 0.740. The number of phenolic OH excluding ortho intramolecular Hbond substituents is 1. The van der Waals surface area contributed by atoms with E-state index in [1.165, 1.54) is 0 Å². The predicted octanol–water partition coefficient (Wildman–Crippen LogP) is 2.26. The largest absolute Gasteiger partial charge is 0.508 e. The van der Waals surface area contributed by atoms with Crippen molar-refractivity contribution in [1.29, 1.82) is 5.26 Å². The Kier molecular flexibility index (Phi) is 4.14. The van der Waals surface area contributed by atoms with Gasteiger partial charge in [0.1, 0.15) is 5.75 Å². The highest BCUT2D eigenvalue weighted by Crippen LogP contribution is 2.24. The number of aromatic hydroxyl groups is 1. The van der Waals surface area contributed by atoms with E-state index in [-0.39, 0.29) is 6.04 Å². The summed E-state index contributed by atoms with van der Waals surface area (Å²) in [5.74, 6) is 0.312. The topological polar surface area (TPSA) is 56.0 Å². The van der Waals surface area contributed by atoms with Gasteiger partial charge in [0.2, 0.25) is 0 Å². The second kappa shape index (κ2) is 5.38. The number of nitriles is 1. The van der Waals surface area contributed by atoms with Gasteiger partial charge < -0.3 is 10.4 Å². The predicted molar refractivity (Wildman–Crippen MR) is 59.5 cm³/mol. The average Bonchev–Trinajstić information content (AvgIpc) is 2.17. The van der Waals surface area contributed by atoms with E-state index in [0.717, 1.165) is 11.1 Å². The molecule has 0 fully saturated rings. The summed E-state index contributed by atoms with van der Waals surface area (Å²) in [6, 6.07) is 7.77. The number of hydrogen-bond donors (Lipinski definition) is 2. The molecule has 0 bridgehead atoms. The number of phenols is 1. The van der Waals surface area contributed by atoms with E-state index in [9.17, 15) is 5.11 Å². The molecule has 0 aromatic heterocycles. The summed E-state index contributed by atoms with van der Waals surface area (Å²) in [5, 5.41) is 21.3. The van der Waals surface area contributed by atoms with Crippen LogP contribution in [0.5, 0.6) is 5.75 Å². The number of nitrogens with one attached hydrogen (secondary N) is 1. The van der Waals surface area contributed by atoms with E-state index >= 15 is 0 Å². The van der Waals surface area contributed by atoms with Crippen molar-refractivity contribution in [2.24, 2.45) is 0 Å². The molecule has 0 radical (unpaired) electrons. The maximum Gasteiger partial charge on any atom is 0.120 e. The van der Waals surface area contributed by atoms with E-state index in [2.05, 4.69) is 11.4 Å². The lowest BCUT2D eigenvalue weighted by molar-refractivity contribution is 0.453. The molecule has 0 saturated heterocycles. The van der Waals surface area contributed by atoms with Crippen LogP contribution in [-0.4, -0.2) is 11.7 Å². The molecule has 0 heterocycles. The van der Waals surface area contributed by atoms with E-state index < -0.39 is 0 Å². The molecule has 1 rings (SSSR count). The first-order chi connectivity index (χ1) is 7.15. The Labute approximate surface area is 90.4 Å². The van der Waals surface area contributed by atoms with Gasteiger partial charge in [-0.25, -0.2) is 0 Å². The highest BCUT2D eigenvalue weighted by Gasteiger charge is 2.08. The molecule has 0 saturated carbocycles. The zero-order valence-electron chi connectivity index (χ0n) is 9.12. The number of rotatable bonds is 4. The Morgan fingerprint density at radius 2 is 2.27 bits per heavy atom. The van der Waals surface area contributed by atoms with Crippen molar-refractivity contribution in [3.63, 3.8) is 0 Å². The van der Waals surface area contributed by atoms with E-state index in [1.807, 2.05) is 26.0 Å². The minimum atomic E-state index is 0.0685. The van der Waals surface area contributed by atoms with Crippen LogP contribution in [-0.2, 0) is 0 Å². The lowest BCUT2D eigenvalue weighted by Gasteiger charge is -2.14. The second-order valence-corrected chi connectivity index (χ2v) is 3.65. The van der Waals surface area contributed by atoms with Crippen LogP contribution in [0.3, 0.4) is 0 Å². The first-order valence-corrected chi connectivity index (χ1v) is 5.05. The van der Waals surface area contributed by atoms with Crippen molar-refractivity contribution < 1.29 is 5.11 Å². The molecule has 80 valence electrons. The number of benzene rings is 1. The Hall–Kier alpha value is -1.53. The molecule has 0 amide bonds. The zero-order chi connectivity index (χ0) is 11.3. The summed E-state index contributed by atoms with van der Waals surface area (Å²) < 4.78 is 0. The average molecular weight is 204 g/mol. The summed E-state index contributed by atoms with van der Waals surface area (Å²) in [5.41, 5.74) is 1.92. The van der Waals surface area contributed by atoms with Gasteiger partial charge in [0.05, 0.1) is 6.07 Å². The third-order valence-corrected chi connectivity index (χ3v) is 2.34. The molecule has 1 aromatic carbocycles. The Morgan fingerprint density at radius 3 is 2.87 bits per heavy atom. The zero-order valence-corrected chi connectivity index (χ0v) is 9.12. The molecule has 0 spiro atoms. The molecule has 2 N–H and O–H groups in total. The second-order valence-electron chi connectivity index (χ2n) is 3.65. The van der Waals surface area contributed by atoms with E-state index in [0.29, 0.717) is 18.7 Å². The monoisotopic (exact) mass is 204 g/mol. The summed E-state index contributed by atoms with van der Waals surface area (Å²) in [4.78, 5) is 0. The molecular weight excluding hydrogens is 188 g/mol. The van der Waals surface area contributed by atoms with Gasteiger partial charge in [-0.3, -0.25) is 0 Å². The lowest BCUT2D eigenvalue weighted by atomic mass is 10.1. The van der Waals surface area contributed by atoms with Crippen LogP contribution in [0.4, 0.5) is 0 Å². The fraction of sp³-hybridized carbons (Fsp3) is 0.417. The normalized spacial score (nSPS) is 12.1. The number of nitrogens with zero attached hydrogens (tertiary/aromatic N) is 1. The molecule has 3 heteroatoms. The van der Waals surface area contributed by atoms with Gasteiger partial charge in [0.15, 0.2) is 0 Å². The minimum Gasteiger partial charge on any atom is -0.508 e. The van der Waals surface area contributed by atoms with Gasteiger partial charge >= 0.3 is 0 Å². The highest BCUT2D eigenvalue weighted by molar-refractivity contribution is 5.37. The van der Waals surface area contributed by atoms with Crippen molar-refractivity contribution in [1.82, 2.24) is 5.32 Å². The Morgan fingerprint density at radius 1 is 1.53 bits per heavy atom. The third-order valence-electron chi connectivity index (χ3n) is 2.34. The van der Waals surface area contributed by atoms with Crippen LogP contribution >= 0.6 is 0 Å². The molecule has 0 aliphatic rings. The van der Waals surface area contributed by atoms with Crippen molar-refractivity contribution in [3.05, 3.63) is 29.3 Å². The van der Waals surface area contributed by atoms with Crippen molar-refractivity contribution in [2.75, 3.05) is 6.54 Å². The van der Waals surface area contributed by atoms with Crippen LogP contribution in [0.15, 0.2) is 18.2 Å². The summed E-state index contributed by atoms with van der Waals surface area (Å²) in [7, 11) is 0. The van der Waals surface area contributed by atoms with Gasteiger partial charge in [0.25, 0.3) is 0 Å². The maximum atomic E-state index is 9.71. The van der Waals surface area contributed by atoms with Gasteiger partial charge in [0, 0.05) is 24.6 Å². The molecular formula is C12H16N2O. The molecule has 15 heavy (non-hydrogen) atoms. The van der Waals surface area contributed by atoms with Gasteiger partial charge in [-0.1, -0.05) is 12.1 Å². The maximum absolute atomic E-state index is 9.71. The first kappa shape index (κ1) is 11.5. The van der Waals surface area contributed by atoms with Crippen LogP contribution in [0.2, 0.25) is 0 Å². The van der Waals surface area contributed by atoms with Crippen LogP contribution in [0.1, 0.15) is 30.5 Å². The summed E-state index contributed by atoms with van der Waals surface area (Å²) in [6.45, 7) is 4.56. The Bertz CT molecular complexity index is 368. The molecule has 0 aliphatic heterocycles. The SMILES string of the molecule is Cc1ccc(C(C)NCCC#N)c(O)c1. The van der Waals surface area contributed by atoms with Crippen molar-refractivity contribution in [2.45, 2.75) is 26.3 Å². The van der Waals surface area contributed by atoms with Crippen LogP contribution in [0, 0.1) is 18.3 Å². The van der Waals surface area contributed by atoms with Gasteiger partial charge in [-0.2, -0.15) is 5.26 Å². The fourth-order valence-corrected chi connectivity index (χ4v) is 1.47. The van der Waals surface area contributed by atoms with E-state index in [1.54, 1.807) is 6.07 Å². The number of aryl methyl sites for hydroxylation is 1. The first-order valence-electron chi connectivity index (χ1n) is 5.05. The summed E-state index contributed by atoms with van der Waals surface area (Å²) >= 11 is 0.